The summed E-state index contributed by atoms with van der Waals surface area (Å²) in [6.45, 7) is 2.24. The molecule has 0 radical (unpaired) electrons. The first kappa shape index (κ1) is 15.3. The van der Waals surface area contributed by atoms with Crippen molar-refractivity contribution in [2.45, 2.75) is 19.4 Å². The highest BCUT2D eigenvalue weighted by atomic mass is 16.5. The molecule has 4 nitrogen and oxygen atoms in total. The van der Waals surface area contributed by atoms with E-state index >= 15 is 0 Å². The molecule has 2 aromatic heterocycles. The van der Waals surface area contributed by atoms with Crippen LogP contribution in [0.1, 0.15) is 13.3 Å². The first-order valence-electron chi connectivity index (χ1n) is 7.77. The molecule has 0 aliphatic carbocycles. The molecule has 2 N–H and O–H groups in total. The second kappa shape index (κ2) is 7.11. The van der Waals surface area contributed by atoms with Crippen LogP contribution in [0.15, 0.2) is 60.9 Å². The Balaban J connectivity index is 1.78. The number of pyridine rings is 1. The van der Waals surface area contributed by atoms with E-state index in [1.807, 2.05) is 61.7 Å². The van der Waals surface area contributed by atoms with E-state index in [2.05, 4.69) is 9.97 Å². The number of benzene rings is 1. The Morgan fingerprint density at radius 2 is 1.87 bits per heavy atom. The van der Waals surface area contributed by atoms with Crippen molar-refractivity contribution in [2.24, 2.45) is 0 Å². The lowest BCUT2D eigenvalue weighted by molar-refractivity contribution is 0.104. The molecule has 23 heavy (non-hydrogen) atoms. The van der Waals surface area contributed by atoms with Crippen molar-refractivity contribution in [1.29, 1.82) is 0 Å². The van der Waals surface area contributed by atoms with Gasteiger partial charge in [-0.15, -0.1) is 0 Å². The smallest absolute Gasteiger partial charge is 0.120 e. The van der Waals surface area contributed by atoms with Gasteiger partial charge in [0.25, 0.3) is 0 Å². The second-order valence-corrected chi connectivity index (χ2v) is 5.43. The van der Waals surface area contributed by atoms with Crippen molar-refractivity contribution in [2.75, 3.05) is 6.61 Å². The van der Waals surface area contributed by atoms with Crippen LogP contribution in [0.2, 0.25) is 0 Å². The molecule has 1 aromatic carbocycles. The maximum Gasteiger partial charge on any atom is 0.120 e. The van der Waals surface area contributed by atoms with Crippen LogP contribution in [-0.2, 0) is 0 Å². The highest BCUT2D eigenvalue weighted by Crippen LogP contribution is 2.26. The molecule has 0 bridgehead atoms. The summed E-state index contributed by atoms with van der Waals surface area (Å²) >= 11 is 0. The van der Waals surface area contributed by atoms with E-state index < -0.39 is 6.10 Å². The normalized spacial score (nSPS) is 12.1. The van der Waals surface area contributed by atoms with Gasteiger partial charge in [-0.25, -0.2) is 0 Å². The summed E-state index contributed by atoms with van der Waals surface area (Å²) in [6.07, 6.45) is 3.85. The predicted octanol–water partition coefficient (Wildman–Crippen LogP) is 3.89. The molecule has 3 rings (SSSR count). The van der Waals surface area contributed by atoms with E-state index in [0.29, 0.717) is 13.0 Å². The Morgan fingerprint density at radius 3 is 2.61 bits per heavy atom. The Morgan fingerprint density at radius 1 is 1.09 bits per heavy atom. The van der Waals surface area contributed by atoms with Crippen molar-refractivity contribution < 1.29 is 9.84 Å². The second-order valence-electron chi connectivity index (χ2n) is 5.43. The van der Waals surface area contributed by atoms with Gasteiger partial charge < -0.3 is 14.8 Å². The van der Waals surface area contributed by atoms with Gasteiger partial charge in [0, 0.05) is 34.9 Å². The Bertz CT molecular complexity index is 753. The van der Waals surface area contributed by atoms with E-state index in [0.717, 1.165) is 28.3 Å². The van der Waals surface area contributed by atoms with Crippen LogP contribution in [0.4, 0.5) is 0 Å². The van der Waals surface area contributed by atoms with E-state index in [9.17, 15) is 5.11 Å². The maximum atomic E-state index is 9.60. The number of H-pyrrole nitrogens is 1. The zero-order valence-corrected chi connectivity index (χ0v) is 13.1. The standard InChI is InChI=1S/C19H20N2O2/c1-2-16(22)13-23-17-7-3-5-14(11-17)18-8-9-19(21-18)15-6-4-10-20-12-15/h3-12,16,21-22H,2,13H2,1H3. The number of rotatable bonds is 6. The number of hydrogen-bond acceptors (Lipinski definition) is 3. The van der Waals surface area contributed by atoms with Crippen LogP contribution in [0, 0.1) is 0 Å². The third-order valence-corrected chi connectivity index (χ3v) is 3.72. The zero-order valence-electron chi connectivity index (χ0n) is 13.1. The quantitative estimate of drug-likeness (QED) is 0.726. The number of aliphatic hydroxyl groups is 1. The average Bonchev–Trinajstić information content (AvgIpc) is 3.11. The van der Waals surface area contributed by atoms with Crippen LogP contribution in [0.5, 0.6) is 5.75 Å². The van der Waals surface area contributed by atoms with Crippen molar-refractivity contribution in [3.05, 3.63) is 60.9 Å². The maximum absolute atomic E-state index is 9.60. The molecule has 0 amide bonds. The molecule has 1 atom stereocenters. The number of ether oxygens (including phenoxy) is 1. The van der Waals surface area contributed by atoms with Crippen LogP contribution in [-0.4, -0.2) is 27.8 Å². The van der Waals surface area contributed by atoms with Crippen molar-refractivity contribution in [3.63, 3.8) is 0 Å². The number of aromatic nitrogens is 2. The number of nitrogens with one attached hydrogen (secondary N) is 1. The fraction of sp³-hybridized carbons (Fsp3) is 0.211. The molecule has 4 heteroatoms. The highest BCUT2D eigenvalue weighted by Gasteiger charge is 2.06. The number of aromatic amines is 1. The fourth-order valence-corrected chi connectivity index (χ4v) is 2.32. The highest BCUT2D eigenvalue weighted by molar-refractivity contribution is 5.68. The summed E-state index contributed by atoms with van der Waals surface area (Å²) in [6, 6.07) is 15.9. The lowest BCUT2D eigenvalue weighted by Crippen LogP contribution is -2.15. The summed E-state index contributed by atoms with van der Waals surface area (Å²) in [7, 11) is 0. The van der Waals surface area contributed by atoms with Crippen molar-refractivity contribution in [1.82, 2.24) is 9.97 Å². The molecule has 2 heterocycles. The van der Waals surface area contributed by atoms with E-state index in [4.69, 9.17) is 4.74 Å². The number of hydrogen-bond donors (Lipinski definition) is 2. The minimum Gasteiger partial charge on any atom is -0.491 e. The summed E-state index contributed by atoms with van der Waals surface area (Å²) in [4.78, 5) is 7.55. The predicted molar refractivity (Wildman–Crippen MR) is 91.3 cm³/mol. The van der Waals surface area contributed by atoms with Crippen LogP contribution < -0.4 is 4.74 Å². The zero-order chi connectivity index (χ0) is 16.1. The third-order valence-electron chi connectivity index (χ3n) is 3.72. The summed E-state index contributed by atoms with van der Waals surface area (Å²) in [5.41, 5.74) is 4.15. The van der Waals surface area contributed by atoms with Crippen LogP contribution in [0.3, 0.4) is 0 Å². The minimum atomic E-state index is -0.429. The molecule has 1 unspecified atom stereocenters. The summed E-state index contributed by atoms with van der Waals surface area (Å²) < 4.78 is 5.64. The summed E-state index contributed by atoms with van der Waals surface area (Å²) in [5.74, 6) is 0.757. The molecule has 0 saturated carbocycles. The van der Waals surface area contributed by atoms with Gasteiger partial charge in [-0.1, -0.05) is 19.1 Å². The third kappa shape index (κ3) is 3.79. The number of aliphatic hydroxyl groups excluding tert-OH is 1. The van der Waals surface area contributed by atoms with Gasteiger partial charge in [-0.05, 0) is 42.8 Å². The molecule has 0 aliphatic rings. The number of nitrogens with zero attached hydrogens (tertiary/aromatic N) is 1. The Kier molecular flexibility index (Phi) is 4.74. The lowest BCUT2D eigenvalue weighted by atomic mass is 10.1. The molecule has 0 spiro atoms. The van der Waals surface area contributed by atoms with Gasteiger partial charge in [0.2, 0.25) is 0 Å². The summed E-state index contributed by atoms with van der Waals surface area (Å²) in [5, 5.41) is 9.60. The van der Waals surface area contributed by atoms with E-state index in [1.54, 1.807) is 6.20 Å². The van der Waals surface area contributed by atoms with Gasteiger partial charge in [0.05, 0.1) is 6.10 Å². The minimum absolute atomic E-state index is 0.311. The molecule has 0 aliphatic heterocycles. The van der Waals surface area contributed by atoms with E-state index in [1.165, 1.54) is 0 Å². The van der Waals surface area contributed by atoms with Crippen molar-refractivity contribution >= 4 is 0 Å². The Labute approximate surface area is 135 Å². The average molecular weight is 308 g/mol. The van der Waals surface area contributed by atoms with Gasteiger partial charge in [0.1, 0.15) is 12.4 Å². The topological polar surface area (TPSA) is 58.1 Å². The molecule has 118 valence electrons. The molecular weight excluding hydrogens is 288 g/mol. The fourth-order valence-electron chi connectivity index (χ4n) is 2.32. The molecule has 0 saturated heterocycles. The van der Waals surface area contributed by atoms with Gasteiger partial charge in [-0.3, -0.25) is 4.98 Å². The first-order valence-corrected chi connectivity index (χ1v) is 7.77. The van der Waals surface area contributed by atoms with Crippen LogP contribution >= 0.6 is 0 Å². The molecule has 0 fully saturated rings. The van der Waals surface area contributed by atoms with Gasteiger partial charge in [-0.2, -0.15) is 0 Å². The SMILES string of the molecule is CCC(O)COc1cccc(-c2ccc(-c3cccnc3)[nH]2)c1. The van der Waals surface area contributed by atoms with Gasteiger partial charge >= 0.3 is 0 Å². The Hall–Kier alpha value is -2.59. The monoisotopic (exact) mass is 308 g/mol. The first-order chi connectivity index (χ1) is 11.3. The largest absolute Gasteiger partial charge is 0.491 e. The molecule has 3 aromatic rings. The van der Waals surface area contributed by atoms with Gasteiger partial charge in [0.15, 0.2) is 0 Å². The molecular formula is C19H20N2O2. The van der Waals surface area contributed by atoms with E-state index in [-0.39, 0.29) is 0 Å². The van der Waals surface area contributed by atoms with Crippen LogP contribution in [0.25, 0.3) is 22.5 Å². The van der Waals surface area contributed by atoms with Crippen molar-refractivity contribution in [3.8, 4) is 28.3 Å². The lowest BCUT2D eigenvalue weighted by Gasteiger charge is -2.11.